The van der Waals surface area contributed by atoms with Crippen molar-refractivity contribution in [1.82, 2.24) is 10.6 Å². The minimum Gasteiger partial charge on any atom is -0.450 e. The van der Waals surface area contributed by atoms with Gasteiger partial charge in [0.2, 0.25) is 0 Å². The van der Waals surface area contributed by atoms with Gasteiger partial charge in [-0.15, -0.1) is 0 Å². The second-order valence-corrected chi connectivity index (χ2v) is 4.53. The largest absolute Gasteiger partial charge is 0.450 e. The van der Waals surface area contributed by atoms with Crippen molar-refractivity contribution in [3.63, 3.8) is 0 Å². The van der Waals surface area contributed by atoms with Crippen LogP contribution in [-0.4, -0.2) is 36.6 Å². The third-order valence-electron chi connectivity index (χ3n) is 2.76. The quantitative estimate of drug-likeness (QED) is 0.211. The number of ether oxygens (including phenoxy) is 1. The molecule has 10 nitrogen and oxygen atoms in total. The van der Waals surface area contributed by atoms with E-state index >= 15 is 0 Å². The fraction of sp³-hybridized carbons (Fsp3) is 0.267. The second-order valence-electron chi connectivity index (χ2n) is 4.53. The van der Waals surface area contributed by atoms with Crippen molar-refractivity contribution in [2.45, 2.75) is 6.92 Å². The lowest BCUT2D eigenvalue weighted by atomic mass is 10.2. The Morgan fingerprint density at radius 3 is 2.56 bits per heavy atom. The first-order chi connectivity index (χ1) is 12.0. The molecule has 0 fully saturated rings. The van der Waals surface area contributed by atoms with Gasteiger partial charge in [-0.25, -0.2) is 4.79 Å². The molecule has 1 aromatic carbocycles. The number of non-ortho nitro benzene ring substituents is 1. The Kier molecular flexibility index (Phi) is 7.94. The maximum absolute atomic E-state index is 12.0. The molecule has 0 atom stereocenters. The molecule has 0 heterocycles. The van der Waals surface area contributed by atoms with Crippen molar-refractivity contribution >= 4 is 23.4 Å². The van der Waals surface area contributed by atoms with Crippen LogP contribution in [0.5, 0.6) is 0 Å². The van der Waals surface area contributed by atoms with Gasteiger partial charge in [-0.3, -0.25) is 14.9 Å². The van der Waals surface area contributed by atoms with Gasteiger partial charge in [0.15, 0.2) is 0 Å². The molecule has 2 amide bonds. The number of nitro groups is 1. The van der Waals surface area contributed by atoms with Crippen LogP contribution in [0.1, 0.15) is 6.92 Å². The predicted octanol–water partition coefficient (Wildman–Crippen LogP) is 1.28. The van der Waals surface area contributed by atoms with E-state index in [0.29, 0.717) is 5.69 Å². The summed E-state index contributed by atoms with van der Waals surface area (Å²) in [7, 11) is 0. The van der Waals surface area contributed by atoms with Crippen LogP contribution in [0.15, 0.2) is 36.0 Å². The number of nitriles is 1. The van der Waals surface area contributed by atoms with E-state index in [-0.39, 0.29) is 31.0 Å². The number of nitro benzene ring substituents is 1. The van der Waals surface area contributed by atoms with Crippen LogP contribution in [0.3, 0.4) is 0 Å². The highest BCUT2D eigenvalue weighted by Crippen LogP contribution is 2.15. The topological polar surface area (TPSA) is 146 Å². The number of benzene rings is 1. The van der Waals surface area contributed by atoms with E-state index in [4.69, 9.17) is 5.26 Å². The number of anilines is 1. The van der Waals surface area contributed by atoms with Crippen LogP contribution < -0.4 is 16.0 Å². The molecule has 132 valence electrons. The Balaban J connectivity index is 2.49. The fourth-order valence-corrected chi connectivity index (χ4v) is 1.61. The highest BCUT2D eigenvalue weighted by atomic mass is 16.6. The van der Waals surface area contributed by atoms with Crippen LogP contribution in [0.4, 0.5) is 16.2 Å². The highest BCUT2D eigenvalue weighted by Gasteiger charge is 2.10. The average molecular weight is 347 g/mol. The molecule has 0 saturated heterocycles. The monoisotopic (exact) mass is 347 g/mol. The van der Waals surface area contributed by atoms with Crippen molar-refractivity contribution in [3.8, 4) is 6.07 Å². The molecule has 0 aliphatic rings. The molecule has 0 bridgehead atoms. The molecular weight excluding hydrogens is 330 g/mol. The van der Waals surface area contributed by atoms with Crippen molar-refractivity contribution in [3.05, 3.63) is 46.2 Å². The third-order valence-corrected chi connectivity index (χ3v) is 2.76. The van der Waals surface area contributed by atoms with E-state index in [9.17, 15) is 19.7 Å². The molecule has 0 aromatic heterocycles. The summed E-state index contributed by atoms with van der Waals surface area (Å²) >= 11 is 0. The first-order valence-electron chi connectivity index (χ1n) is 7.28. The highest BCUT2D eigenvalue weighted by molar-refractivity contribution is 6.06. The number of carbonyl (C=O) groups excluding carboxylic acids is 2. The number of alkyl carbamates (subject to hydrolysis) is 1. The number of rotatable bonds is 8. The summed E-state index contributed by atoms with van der Waals surface area (Å²) < 4.78 is 4.67. The van der Waals surface area contributed by atoms with Gasteiger partial charge in [-0.05, 0) is 19.1 Å². The minimum atomic E-state index is -0.665. The van der Waals surface area contributed by atoms with Gasteiger partial charge < -0.3 is 20.7 Å². The number of amides is 2. The summed E-state index contributed by atoms with van der Waals surface area (Å²) in [6, 6.07) is 6.95. The lowest BCUT2D eigenvalue weighted by Crippen LogP contribution is -2.31. The maximum atomic E-state index is 12.0. The van der Waals surface area contributed by atoms with E-state index in [2.05, 4.69) is 20.7 Å². The van der Waals surface area contributed by atoms with Crippen molar-refractivity contribution in [2.24, 2.45) is 0 Å². The Morgan fingerprint density at radius 1 is 1.32 bits per heavy atom. The number of nitrogens with zero attached hydrogens (tertiary/aromatic N) is 2. The van der Waals surface area contributed by atoms with Gasteiger partial charge in [0.25, 0.3) is 11.6 Å². The molecule has 10 heteroatoms. The van der Waals surface area contributed by atoms with Crippen molar-refractivity contribution in [2.75, 3.05) is 25.0 Å². The van der Waals surface area contributed by atoms with Crippen molar-refractivity contribution in [1.29, 1.82) is 5.26 Å². The summed E-state index contributed by atoms with van der Waals surface area (Å²) in [6.45, 7) is 2.48. The average Bonchev–Trinajstić information content (AvgIpc) is 2.58. The molecule has 25 heavy (non-hydrogen) atoms. The van der Waals surface area contributed by atoms with Crippen LogP contribution in [-0.2, 0) is 9.53 Å². The first-order valence-corrected chi connectivity index (χ1v) is 7.28. The van der Waals surface area contributed by atoms with Gasteiger partial charge in [0, 0.05) is 37.1 Å². The number of nitrogens with one attached hydrogen (secondary N) is 3. The van der Waals surface area contributed by atoms with Gasteiger partial charge in [-0.2, -0.15) is 5.26 Å². The zero-order chi connectivity index (χ0) is 18.7. The number of hydrogen-bond donors (Lipinski definition) is 3. The van der Waals surface area contributed by atoms with Crippen LogP contribution >= 0.6 is 0 Å². The number of carbonyl (C=O) groups is 2. The standard InChI is InChI=1S/C15H17N5O5/c1-2-25-15(22)18-8-7-17-10-11(9-16)14(21)19-12-3-5-13(6-4-12)20(23)24/h3-6,10,17H,2,7-8H2,1H3,(H,18,22)(H,19,21)/b11-10-. The zero-order valence-electron chi connectivity index (χ0n) is 13.4. The summed E-state index contributed by atoms with van der Waals surface area (Å²) in [5.41, 5.74) is 0.0278. The molecule has 0 radical (unpaired) electrons. The maximum Gasteiger partial charge on any atom is 0.407 e. The lowest BCUT2D eigenvalue weighted by molar-refractivity contribution is -0.384. The Labute approximate surface area is 143 Å². The summed E-state index contributed by atoms with van der Waals surface area (Å²) in [5, 5.41) is 27.2. The van der Waals surface area contributed by atoms with E-state index < -0.39 is 16.9 Å². The van der Waals surface area contributed by atoms with Gasteiger partial charge >= 0.3 is 6.09 Å². The smallest absolute Gasteiger partial charge is 0.407 e. The molecule has 3 N–H and O–H groups in total. The van der Waals surface area contributed by atoms with Gasteiger partial charge in [0.05, 0.1) is 11.5 Å². The van der Waals surface area contributed by atoms with Crippen LogP contribution in [0.25, 0.3) is 0 Å². The molecular formula is C15H17N5O5. The fourth-order valence-electron chi connectivity index (χ4n) is 1.61. The summed E-state index contributed by atoms with van der Waals surface area (Å²) in [6.07, 6.45) is 0.665. The zero-order valence-corrected chi connectivity index (χ0v) is 13.4. The number of hydrogen-bond acceptors (Lipinski definition) is 7. The van der Waals surface area contributed by atoms with E-state index in [1.165, 1.54) is 30.5 Å². The molecule has 0 unspecified atom stereocenters. The van der Waals surface area contributed by atoms with Crippen LogP contribution in [0, 0.1) is 21.4 Å². The Hall–Kier alpha value is -3.61. The molecule has 0 aliphatic carbocycles. The van der Waals surface area contributed by atoms with E-state index in [1.54, 1.807) is 13.0 Å². The second kappa shape index (κ2) is 10.2. The molecule has 1 rings (SSSR count). The lowest BCUT2D eigenvalue weighted by Gasteiger charge is -2.06. The van der Waals surface area contributed by atoms with Gasteiger partial charge in [-0.1, -0.05) is 0 Å². The molecule has 0 spiro atoms. The van der Waals surface area contributed by atoms with Crippen LogP contribution in [0.2, 0.25) is 0 Å². The summed E-state index contributed by atoms with van der Waals surface area (Å²) in [5.74, 6) is -0.665. The minimum absolute atomic E-state index is 0.107. The van der Waals surface area contributed by atoms with Crippen molar-refractivity contribution < 1.29 is 19.2 Å². The first kappa shape index (κ1) is 19.4. The Bertz CT molecular complexity index is 693. The molecule has 0 aliphatic heterocycles. The third kappa shape index (κ3) is 7.00. The normalized spacial score (nSPS) is 10.3. The Morgan fingerprint density at radius 2 is 2.00 bits per heavy atom. The van der Waals surface area contributed by atoms with Gasteiger partial charge in [0.1, 0.15) is 11.6 Å². The summed E-state index contributed by atoms with van der Waals surface area (Å²) in [4.78, 5) is 33.0. The predicted molar refractivity (Wildman–Crippen MR) is 88.4 cm³/mol. The molecule has 0 saturated carbocycles. The molecule has 1 aromatic rings. The van der Waals surface area contributed by atoms with E-state index in [1.807, 2.05) is 0 Å². The SMILES string of the molecule is CCOC(=O)NCCN/C=C(/C#N)C(=O)Nc1ccc([N+](=O)[O-])cc1. The van der Waals surface area contributed by atoms with E-state index in [0.717, 1.165) is 0 Å².